The van der Waals surface area contributed by atoms with Crippen LogP contribution in [0, 0.1) is 13.8 Å². The minimum atomic E-state index is -0.479. The lowest BCUT2D eigenvalue weighted by atomic mass is 10.1. The highest BCUT2D eigenvalue weighted by Gasteiger charge is 2.37. The molecule has 1 fully saturated rings. The fourth-order valence-electron chi connectivity index (χ4n) is 2.88. The second kappa shape index (κ2) is 9.13. The molecular formula is C22H25N3O3S. The molecule has 1 aliphatic heterocycles. The van der Waals surface area contributed by atoms with Crippen LogP contribution in [0.3, 0.4) is 0 Å². The fraction of sp³-hybridized carbons (Fsp3) is 0.318. The van der Waals surface area contributed by atoms with E-state index in [1.165, 1.54) is 22.2 Å². The predicted molar refractivity (Wildman–Crippen MR) is 118 cm³/mol. The van der Waals surface area contributed by atoms with E-state index in [9.17, 15) is 9.59 Å². The van der Waals surface area contributed by atoms with E-state index in [1.54, 1.807) is 31.3 Å². The molecule has 2 aromatic rings. The molecule has 2 amide bonds. The number of anilines is 1. The molecule has 29 heavy (non-hydrogen) atoms. The highest BCUT2D eigenvalue weighted by Crippen LogP contribution is 2.31. The van der Waals surface area contributed by atoms with Crippen molar-refractivity contribution in [2.75, 3.05) is 19.0 Å². The Morgan fingerprint density at radius 1 is 1.17 bits per heavy atom. The number of rotatable bonds is 6. The molecule has 0 spiro atoms. The van der Waals surface area contributed by atoms with Crippen molar-refractivity contribution in [3.8, 4) is 5.75 Å². The number of nitrogens with one attached hydrogen (secondary N) is 1. The monoisotopic (exact) mass is 411 g/mol. The van der Waals surface area contributed by atoms with Crippen LogP contribution in [0.5, 0.6) is 5.75 Å². The maximum absolute atomic E-state index is 12.6. The molecule has 0 unspecified atom stereocenters. The number of nitrogens with zero attached hydrogens (tertiary/aromatic N) is 2. The molecule has 1 saturated heterocycles. The summed E-state index contributed by atoms with van der Waals surface area (Å²) in [5.74, 6) is 0.432. The molecule has 2 aromatic carbocycles. The summed E-state index contributed by atoms with van der Waals surface area (Å²) >= 11 is 1.33. The first-order chi connectivity index (χ1) is 13.9. The largest absolute Gasteiger partial charge is 0.494 e. The van der Waals surface area contributed by atoms with Crippen LogP contribution < -0.4 is 10.1 Å². The summed E-state index contributed by atoms with van der Waals surface area (Å²) in [6.45, 7) is 6.59. The number of aliphatic imine (C=N–C) groups is 1. The Kier molecular flexibility index (Phi) is 6.59. The minimum absolute atomic E-state index is 0.0903. The quantitative estimate of drug-likeness (QED) is 0.770. The van der Waals surface area contributed by atoms with Crippen LogP contribution in [-0.2, 0) is 9.59 Å². The van der Waals surface area contributed by atoms with E-state index in [2.05, 4.69) is 10.3 Å². The fourth-order valence-corrected chi connectivity index (χ4v) is 4.04. The number of thioether (sulfide) groups is 1. The summed E-state index contributed by atoms with van der Waals surface area (Å²) in [5.41, 5.74) is 3.82. The van der Waals surface area contributed by atoms with Gasteiger partial charge in [0.1, 0.15) is 11.0 Å². The van der Waals surface area contributed by atoms with Gasteiger partial charge < -0.3 is 10.1 Å². The summed E-state index contributed by atoms with van der Waals surface area (Å²) in [7, 11) is 1.69. The Labute approximate surface area is 175 Å². The van der Waals surface area contributed by atoms with Gasteiger partial charge in [0, 0.05) is 19.2 Å². The van der Waals surface area contributed by atoms with Crippen molar-refractivity contribution in [3.05, 3.63) is 53.6 Å². The number of benzene rings is 2. The number of amides is 2. The first-order valence-electron chi connectivity index (χ1n) is 9.50. The number of carbonyl (C=O) groups is 2. The number of amidine groups is 1. The molecule has 3 rings (SSSR count). The molecule has 0 aliphatic carbocycles. The summed E-state index contributed by atoms with van der Waals surface area (Å²) in [6, 6.07) is 13.1. The lowest BCUT2D eigenvalue weighted by Crippen LogP contribution is -2.30. The number of carbonyl (C=O) groups excluding carboxylic acids is 2. The molecule has 0 radical (unpaired) electrons. The normalized spacial score (nSPS) is 17.7. The van der Waals surface area contributed by atoms with Crippen LogP contribution in [0.15, 0.2) is 47.5 Å². The number of hydrogen-bond donors (Lipinski definition) is 1. The molecule has 1 heterocycles. The topological polar surface area (TPSA) is 71.0 Å². The molecule has 7 heteroatoms. The highest BCUT2D eigenvalue weighted by molar-refractivity contribution is 8.15. The molecule has 1 aliphatic rings. The number of aryl methyl sites for hydroxylation is 2. The van der Waals surface area contributed by atoms with Gasteiger partial charge in [-0.25, -0.2) is 4.99 Å². The third-order valence-corrected chi connectivity index (χ3v) is 5.90. The first-order valence-corrected chi connectivity index (χ1v) is 10.4. The van der Waals surface area contributed by atoms with E-state index in [0.29, 0.717) is 17.5 Å². The lowest BCUT2D eigenvalue weighted by molar-refractivity contribution is -0.127. The van der Waals surface area contributed by atoms with E-state index >= 15 is 0 Å². The minimum Gasteiger partial charge on any atom is -0.494 e. The van der Waals surface area contributed by atoms with Crippen molar-refractivity contribution in [3.63, 3.8) is 0 Å². The van der Waals surface area contributed by atoms with Crippen molar-refractivity contribution >= 4 is 40.1 Å². The molecule has 152 valence electrons. The first kappa shape index (κ1) is 20.9. The Morgan fingerprint density at radius 2 is 1.90 bits per heavy atom. The van der Waals surface area contributed by atoms with E-state index in [4.69, 9.17) is 4.74 Å². The van der Waals surface area contributed by atoms with Crippen LogP contribution in [0.2, 0.25) is 0 Å². The van der Waals surface area contributed by atoms with E-state index in [0.717, 1.165) is 17.0 Å². The van der Waals surface area contributed by atoms with E-state index in [-0.39, 0.29) is 18.2 Å². The zero-order chi connectivity index (χ0) is 21.0. The average molecular weight is 412 g/mol. The summed E-state index contributed by atoms with van der Waals surface area (Å²) in [4.78, 5) is 31.1. The van der Waals surface area contributed by atoms with Crippen LogP contribution in [0.1, 0.15) is 24.5 Å². The van der Waals surface area contributed by atoms with E-state index < -0.39 is 5.25 Å². The van der Waals surface area contributed by atoms with Gasteiger partial charge in [0.2, 0.25) is 11.8 Å². The molecule has 6 nitrogen and oxygen atoms in total. The van der Waals surface area contributed by atoms with Gasteiger partial charge in [-0.3, -0.25) is 14.5 Å². The van der Waals surface area contributed by atoms with Crippen LogP contribution in [0.4, 0.5) is 11.4 Å². The van der Waals surface area contributed by atoms with E-state index in [1.807, 2.05) is 39.0 Å². The Hall–Kier alpha value is -2.80. The van der Waals surface area contributed by atoms with Crippen molar-refractivity contribution in [2.24, 2.45) is 4.99 Å². The Balaban J connectivity index is 1.63. The Bertz CT molecular complexity index is 941. The second-order valence-electron chi connectivity index (χ2n) is 6.88. The second-order valence-corrected chi connectivity index (χ2v) is 8.05. The maximum atomic E-state index is 12.6. The summed E-state index contributed by atoms with van der Waals surface area (Å²) in [6.07, 6.45) is 0.0903. The molecule has 1 atom stereocenters. The Morgan fingerprint density at radius 3 is 2.55 bits per heavy atom. The zero-order valence-corrected chi connectivity index (χ0v) is 17.9. The van der Waals surface area contributed by atoms with Gasteiger partial charge in [-0.2, -0.15) is 0 Å². The van der Waals surface area contributed by atoms with Gasteiger partial charge in [-0.1, -0.05) is 17.8 Å². The van der Waals surface area contributed by atoms with Gasteiger partial charge in [0.15, 0.2) is 5.17 Å². The van der Waals surface area contributed by atoms with Crippen molar-refractivity contribution in [1.29, 1.82) is 0 Å². The third-order valence-electron chi connectivity index (χ3n) is 4.68. The number of ether oxygens (including phenoxy) is 1. The summed E-state index contributed by atoms with van der Waals surface area (Å²) < 4.78 is 5.39. The molecule has 0 saturated carbocycles. The van der Waals surface area contributed by atoms with Crippen LogP contribution >= 0.6 is 11.8 Å². The molecule has 1 N–H and O–H groups in total. The standard InChI is InChI=1S/C22H25N3O3S/c1-5-28-18-10-8-16(9-11-18)23-20(26)13-19-21(27)25(4)22(29-19)24-17-7-6-14(2)15(3)12-17/h6-12,19H,5,13H2,1-4H3,(H,23,26)/t19-/m0/s1. The van der Waals surface area contributed by atoms with Crippen LogP contribution in [0.25, 0.3) is 0 Å². The third kappa shape index (κ3) is 5.17. The van der Waals surface area contributed by atoms with Crippen LogP contribution in [-0.4, -0.2) is 40.8 Å². The van der Waals surface area contributed by atoms with Gasteiger partial charge in [0.05, 0.1) is 12.3 Å². The summed E-state index contributed by atoms with van der Waals surface area (Å²) in [5, 5.41) is 2.96. The van der Waals surface area contributed by atoms with Gasteiger partial charge in [-0.15, -0.1) is 0 Å². The smallest absolute Gasteiger partial charge is 0.242 e. The highest BCUT2D eigenvalue weighted by atomic mass is 32.2. The van der Waals surface area contributed by atoms with Crippen molar-refractivity contribution in [2.45, 2.75) is 32.4 Å². The molecule has 0 aromatic heterocycles. The average Bonchev–Trinajstić information content (AvgIpc) is 2.94. The molecular weight excluding hydrogens is 386 g/mol. The molecule has 0 bridgehead atoms. The van der Waals surface area contributed by atoms with Crippen molar-refractivity contribution in [1.82, 2.24) is 4.90 Å². The lowest BCUT2D eigenvalue weighted by Gasteiger charge is -2.10. The SMILES string of the molecule is CCOc1ccc(NC(=O)C[C@@H]2SC(=Nc3ccc(C)c(C)c3)N(C)C2=O)cc1. The van der Waals surface area contributed by atoms with Gasteiger partial charge >= 0.3 is 0 Å². The van der Waals surface area contributed by atoms with Gasteiger partial charge in [-0.05, 0) is 68.3 Å². The zero-order valence-electron chi connectivity index (χ0n) is 17.1. The van der Waals surface area contributed by atoms with Crippen molar-refractivity contribution < 1.29 is 14.3 Å². The van der Waals surface area contributed by atoms with Gasteiger partial charge in [0.25, 0.3) is 0 Å². The predicted octanol–water partition coefficient (Wildman–Crippen LogP) is 4.29. The number of hydrogen-bond acceptors (Lipinski definition) is 5. The maximum Gasteiger partial charge on any atom is 0.242 e.